The van der Waals surface area contributed by atoms with Crippen LogP contribution in [0.1, 0.15) is 6.92 Å². The fourth-order valence-corrected chi connectivity index (χ4v) is 0.739. The summed E-state index contributed by atoms with van der Waals surface area (Å²) >= 11 is 0. The zero-order chi connectivity index (χ0) is 10.8. The lowest BCUT2D eigenvalue weighted by atomic mass is 10.9. The molecule has 90 valence electrons. The first-order valence-corrected chi connectivity index (χ1v) is 4.59. The van der Waals surface area contributed by atoms with Crippen molar-refractivity contribution in [3.63, 3.8) is 0 Å². The Kier molecular flexibility index (Phi) is 7.60. The molecule has 0 radical (unpaired) electrons. The molecule has 1 aliphatic rings. The molecule has 1 rings (SSSR count). The molecule has 0 aromatic rings. The molecule has 0 spiro atoms. The van der Waals surface area contributed by atoms with Crippen molar-refractivity contribution in [2.24, 2.45) is 0 Å². The standard InChI is InChI=1S/C7H16N2O6/c1-2-10-13-5-9-6-14-11-3-8-4-12-15-7-9/h8H,2-7H2,1H3. The normalized spacial score (nSPS) is 21.4. The summed E-state index contributed by atoms with van der Waals surface area (Å²) < 4.78 is 0. The average molecular weight is 224 g/mol. The van der Waals surface area contributed by atoms with E-state index in [0.717, 1.165) is 0 Å². The highest BCUT2D eigenvalue weighted by molar-refractivity contribution is 4.33. The fraction of sp³-hybridized carbons (Fsp3) is 1.00. The van der Waals surface area contributed by atoms with Gasteiger partial charge in [-0.3, -0.25) is 5.32 Å². The van der Waals surface area contributed by atoms with Crippen molar-refractivity contribution in [1.29, 1.82) is 0 Å². The van der Waals surface area contributed by atoms with Crippen LogP contribution in [0.2, 0.25) is 0 Å². The van der Waals surface area contributed by atoms with E-state index in [2.05, 4.69) is 5.32 Å². The molecule has 0 aromatic heterocycles. The molecule has 1 aliphatic heterocycles. The maximum Gasteiger partial charge on any atom is 0.139 e. The Morgan fingerprint density at radius 1 is 1.07 bits per heavy atom. The zero-order valence-corrected chi connectivity index (χ0v) is 8.64. The Hall–Kier alpha value is -0.320. The second-order valence-electron chi connectivity index (χ2n) is 2.59. The molecule has 1 N–H and O–H groups in total. The van der Waals surface area contributed by atoms with Crippen LogP contribution in [0.3, 0.4) is 0 Å². The van der Waals surface area contributed by atoms with Gasteiger partial charge >= 0.3 is 0 Å². The van der Waals surface area contributed by atoms with Crippen molar-refractivity contribution < 1.29 is 29.3 Å². The summed E-state index contributed by atoms with van der Waals surface area (Å²) in [6, 6.07) is 0. The molecule has 0 aromatic carbocycles. The van der Waals surface area contributed by atoms with Gasteiger partial charge < -0.3 is 0 Å². The lowest BCUT2D eigenvalue weighted by Gasteiger charge is -2.21. The fourth-order valence-electron chi connectivity index (χ4n) is 0.739. The maximum absolute atomic E-state index is 4.85. The minimum atomic E-state index is 0.193. The third-order valence-electron chi connectivity index (χ3n) is 1.40. The first-order chi connectivity index (χ1) is 7.43. The van der Waals surface area contributed by atoms with E-state index >= 15 is 0 Å². The average Bonchev–Trinajstić information content (AvgIpc) is 2.27. The Bertz CT molecular complexity index is 137. The molecule has 1 fully saturated rings. The van der Waals surface area contributed by atoms with Gasteiger partial charge in [0.2, 0.25) is 0 Å². The SMILES string of the molecule is CCOOCN1COOCNCOOC1. The van der Waals surface area contributed by atoms with Gasteiger partial charge in [-0.25, -0.2) is 34.2 Å². The van der Waals surface area contributed by atoms with Gasteiger partial charge in [-0.2, -0.15) is 0 Å². The van der Waals surface area contributed by atoms with E-state index in [1.54, 1.807) is 4.90 Å². The molecule has 0 bridgehead atoms. The molecule has 15 heavy (non-hydrogen) atoms. The van der Waals surface area contributed by atoms with Gasteiger partial charge in [-0.15, -0.1) is 0 Å². The smallest absolute Gasteiger partial charge is 0.139 e. The minimum Gasteiger partial charge on any atom is -0.267 e. The van der Waals surface area contributed by atoms with E-state index in [9.17, 15) is 0 Å². The van der Waals surface area contributed by atoms with Crippen molar-refractivity contribution in [2.45, 2.75) is 6.92 Å². The number of nitrogens with zero attached hydrogens (tertiary/aromatic N) is 1. The van der Waals surface area contributed by atoms with Crippen LogP contribution in [0.15, 0.2) is 0 Å². The molecule has 0 atom stereocenters. The number of hydrogen-bond donors (Lipinski definition) is 1. The zero-order valence-electron chi connectivity index (χ0n) is 8.64. The van der Waals surface area contributed by atoms with Gasteiger partial charge in [0.15, 0.2) is 0 Å². The molecule has 8 heteroatoms. The van der Waals surface area contributed by atoms with Crippen LogP contribution in [0.4, 0.5) is 0 Å². The summed E-state index contributed by atoms with van der Waals surface area (Å²) in [6.07, 6.45) is 0. The molecule has 0 saturated carbocycles. The topological polar surface area (TPSA) is 70.7 Å². The Balaban J connectivity index is 2.13. The summed E-state index contributed by atoms with van der Waals surface area (Å²) in [5, 5.41) is 2.75. The lowest BCUT2D eigenvalue weighted by Crippen LogP contribution is -2.34. The summed E-state index contributed by atoms with van der Waals surface area (Å²) in [5.74, 6) is 0. The first-order valence-electron chi connectivity index (χ1n) is 4.59. The van der Waals surface area contributed by atoms with Crippen LogP contribution < -0.4 is 5.32 Å². The van der Waals surface area contributed by atoms with E-state index in [1.165, 1.54) is 0 Å². The molecule has 0 amide bonds. The monoisotopic (exact) mass is 224 g/mol. The summed E-state index contributed by atoms with van der Waals surface area (Å²) in [4.78, 5) is 30.4. The Labute approximate surface area is 87.7 Å². The first kappa shape index (κ1) is 12.7. The Morgan fingerprint density at radius 2 is 1.73 bits per heavy atom. The predicted molar refractivity (Wildman–Crippen MR) is 46.4 cm³/mol. The van der Waals surface area contributed by atoms with Crippen molar-refractivity contribution in [2.75, 3.05) is 40.3 Å². The maximum atomic E-state index is 4.85. The highest BCUT2D eigenvalue weighted by Crippen LogP contribution is 1.94. The van der Waals surface area contributed by atoms with Gasteiger partial charge in [0.25, 0.3) is 0 Å². The quantitative estimate of drug-likeness (QED) is 0.391. The van der Waals surface area contributed by atoms with Crippen LogP contribution in [0.5, 0.6) is 0 Å². The van der Waals surface area contributed by atoms with Crippen LogP contribution in [0, 0.1) is 0 Å². The van der Waals surface area contributed by atoms with E-state index in [4.69, 9.17) is 29.3 Å². The van der Waals surface area contributed by atoms with Crippen LogP contribution >= 0.6 is 0 Å². The van der Waals surface area contributed by atoms with Crippen molar-refractivity contribution in [1.82, 2.24) is 10.2 Å². The van der Waals surface area contributed by atoms with Crippen LogP contribution in [0.25, 0.3) is 0 Å². The van der Waals surface area contributed by atoms with Gasteiger partial charge in [0.1, 0.15) is 33.7 Å². The molecule has 8 nitrogen and oxygen atoms in total. The lowest BCUT2D eigenvalue weighted by molar-refractivity contribution is -0.396. The van der Waals surface area contributed by atoms with Gasteiger partial charge in [0, 0.05) is 0 Å². The van der Waals surface area contributed by atoms with E-state index in [1.807, 2.05) is 6.92 Å². The summed E-state index contributed by atoms with van der Waals surface area (Å²) in [7, 11) is 0. The summed E-state index contributed by atoms with van der Waals surface area (Å²) in [6.45, 7) is 3.34. The third kappa shape index (κ3) is 6.71. The highest BCUT2D eigenvalue weighted by Gasteiger charge is 2.08. The molecular weight excluding hydrogens is 208 g/mol. The third-order valence-corrected chi connectivity index (χ3v) is 1.40. The van der Waals surface area contributed by atoms with E-state index in [-0.39, 0.29) is 33.7 Å². The highest BCUT2D eigenvalue weighted by atomic mass is 17.2. The number of nitrogens with one attached hydrogen (secondary N) is 1. The van der Waals surface area contributed by atoms with Gasteiger partial charge in [-0.1, -0.05) is 0 Å². The Morgan fingerprint density at radius 3 is 2.33 bits per heavy atom. The molecule has 0 unspecified atom stereocenters. The second-order valence-corrected chi connectivity index (χ2v) is 2.59. The molecule has 1 saturated heterocycles. The summed E-state index contributed by atoms with van der Waals surface area (Å²) in [5.41, 5.74) is 0. The van der Waals surface area contributed by atoms with Crippen molar-refractivity contribution >= 4 is 0 Å². The van der Waals surface area contributed by atoms with Crippen molar-refractivity contribution in [3.05, 3.63) is 0 Å². The molecule has 0 aliphatic carbocycles. The van der Waals surface area contributed by atoms with Gasteiger partial charge in [0.05, 0.1) is 6.61 Å². The predicted octanol–water partition coefficient (Wildman–Crippen LogP) is -0.456. The van der Waals surface area contributed by atoms with Gasteiger partial charge in [-0.05, 0) is 6.92 Å². The molecular formula is C7H16N2O6. The number of hydrogen-bond acceptors (Lipinski definition) is 8. The second kappa shape index (κ2) is 8.95. The van der Waals surface area contributed by atoms with Crippen LogP contribution in [-0.2, 0) is 29.3 Å². The van der Waals surface area contributed by atoms with Crippen molar-refractivity contribution in [3.8, 4) is 0 Å². The number of rotatable bonds is 4. The minimum absolute atomic E-state index is 0.193. The molecule has 1 heterocycles. The van der Waals surface area contributed by atoms with E-state index < -0.39 is 0 Å². The van der Waals surface area contributed by atoms with E-state index in [0.29, 0.717) is 6.61 Å². The van der Waals surface area contributed by atoms with Crippen LogP contribution in [-0.4, -0.2) is 45.2 Å². The largest absolute Gasteiger partial charge is 0.267 e.